The SMILES string of the molecule is CCOP(=O)(C=Cc1cn(-c2ccccc2)nc1OCc1ccc(OCc2nc(-c3ccccc3C(=O)O)oc2C)c(OC)c1)OCC. The van der Waals surface area contributed by atoms with Crippen molar-refractivity contribution >= 4 is 19.6 Å². The van der Waals surface area contributed by atoms with Crippen LogP contribution in [-0.4, -0.2) is 46.2 Å². The van der Waals surface area contributed by atoms with Crippen LogP contribution >= 0.6 is 7.60 Å². The molecule has 5 rings (SSSR count). The zero-order valence-electron chi connectivity index (χ0n) is 27.0. The molecule has 3 aromatic carbocycles. The maximum Gasteiger partial charge on any atom is 0.354 e. The first-order valence-electron chi connectivity index (χ1n) is 15.2. The summed E-state index contributed by atoms with van der Waals surface area (Å²) in [5.41, 5.74) is 3.18. The van der Waals surface area contributed by atoms with E-state index in [0.29, 0.717) is 40.0 Å². The second-order valence-corrected chi connectivity index (χ2v) is 12.2. The molecule has 2 heterocycles. The Labute approximate surface area is 278 Å². The van der Waals surface area contributed by atoms with Crippen molar-refractivity contribution in [1.82, 2.24) is 14.8 Å². The number of hydrogen-bond acceptors (Lipinski definition) is 10. The van der Waals surface area contributed by atoms with Crippen molar-refractivity contribution in [3.05, 3.63) is 113 Å². The van der Waals surface area contributed by atoms with Gasteiger partial charge in [-0.25, -0.2) is 14.5 Å². The first kappa shape index (κ1) is 34.2. The van der Waals surface area contributed by atoms with Crippen molar-refractivity contribution in [2.75, 3.05) is 20.3 Å². The number of methoxy groups -OCH3 is 1. The molecule has 12 nitrogen and oxygen atoms in total. The van der Waals surface area contributed by atoms with E-state index in [1.807, 2.05) is 36.4 Å². The van der Waals surface area contributed by atoms with Gasteiger partial charge in [0.15, 0.2) is 11.5 Å². The monoisotopic (exact) mass is 673 g/mol. The molecule has 0 saturated heterocycles. The number of hydrogen-bond donors (Lipinski definition) is 1. The van der Waals surface area contributed by atoms with Crippen LogP contribution in [0.1, 0.15) is 46.8 Å². The number of rotatable bonds is 16. The van der Waals surface area contributed by atoms with E-state index >= 15 is 0 Å². The first-order valence-corrected chi connectivity index (χ1v) is 16.8. The van der Waals surface area contributed by atoms with Gasteiger partial charge in [-0.2, -0.15) is 0 Å². The van der Waals surface area contributed by atoms with Gasteiger partial charge in [-0.05, 0) is 68.8 Å². The average molecular weight is 674 g/mol. The summed E-state index contributed by atoms with van der Waals surface area (Å²) in [6, 6.07) is 21.5. The van der Waals surface area contributed by atoms with Crippen LogP contribution in [0.5, 0.6) is 17.4 Å². The quantitative estimate of drug-likeness (QED) is 0.102. The highest BCUT2D eigenvalue weighted by Gasteiger charge is 2.21. The number of para-hydroxylation sites is 1. The summed E-state index contributed by atoms with van der Waals surface area (Å²) < 4.78 is 49.1. The van der Waals surface area contributed by atoms with E-state index in [1.165, 1.54) is 19.0 Å². The van der Waals surface area contributed by atoms with Gasteiger partial charge in [0.2, 0.25) is 11.8 Å². The van der Waals surface area contributed by atoms with Gasteiger partial charge in [-0.3, -0.25) is 4.57 Å². The number of carbonyl (C=O) groups is 1. The van der Waals surface area contributed by atoms with Gasteiger partial charge in [0, 0.05) is 12.0 Å². The van der Waals surface area contributed by atoms with Crippen LogP contribution in [0.3, 0.4) is 0 Å². The molecule has 5 aromatic rings. The number of carboxylic acid groups (broad SMARTS) is 1. The normalized spacial score (nSPS) is 11.6. The third kappa shape index (κ3) is 8.21. The molecule has 2 aromatic heterocycles. The standard InChI is InChI=1S/C35H36N3O9P/c1-5-45-48(41,46-6-2)19-18-26-21-38(27-12-8-7-9-13-27)37-33(26)44-22-25-16-17-31(32(20-25)42-4)43-23-30-24(3)47-34(36-30)28-14-10-11-15-29(28)35(39)40/h7-21H,5-6,22-23H2,1-4H3,(H,39,40). The van der Waals surface area contributed by atoms with E-state index in [-0.39, 0.29) is 37.9 Å². The molecule has 0 saturated carbocycles. The number of oxazole rings is 1. The van der Waals surface area contributed by atoms with Crippen molar-refractivity contribution in [2.45, 2.75) is 34.0 Å². The highest BCUT2D eigenvalue weighted by Crippen LogP contribution is 2.50. The second-order valence-electron chi connectivity index (χ2n) is 10.3. The van der Waals surface area contributed by atoms with Gasteiger partial charge in [0.1, 0.15) is 24.7 Å². The third-order valence-electron chi connectivity index (χ3n) is 7.03. The number of aryl methyl sites for hydroxylation is 1. The van der Waals surface area contributed by atoms with Gasteiger partial charge in [0.25, 0.3) is 0 Å². The van der Waals surface area contributed by atoms with Crippen molar-refractivity contribution < 1.29 is 42.1 Å². The fraction of sp³-hybridized carbons (Fsp3) is 0.229. The summed E-state index contributed by atoms with van der Waals surface area (Å²) in [6.07, 6.45) is 3.40. The molecular weight excluding hydrogens is 637 g/mol. The molecule has 250 valence electrons. The second kappa shape index (κ2) is 15.6. The summed E-state index contributed by atoms with van der Waals surface area (Å²) in [4.78, 5) is 16.2. The van der Waals surface area contributed by atoms with E-state index in [4.69, 9.17) is 27.7 Å². The lowest BCUT2D eigenvalue weighted by atomic mass is 10.1. The van der Waals surface area contributed by atoms with Gasteiger partial charge in [0.05, 0.1) is 42.7 Å². The Morgan fingerprint density at radius 1 is 0.958 bits per heavy atom. The van der Waals surface area contributed by atoms with Crippen molar-refractivity contribution in [2.24, 2.45) is 0 Å². The zero-order valence-corrected chi connectivity index (χ0v) is 27.9. The number of ether oxygens (including phenoxy) is 3. The molecule has 0 aliphatic carbocycles. The summed E-state index contributed by atoms with van der Waals surface area (Å²) in [5.74, 6) is 2.31. The minimum atomic E-state index is -3.45. The lowest BCUT2D eigenvalue weighted by molar-refractivity contribution is 0.0697. The smallest absolute Gasteiger partial charge is 0.354 e. The maximum atomic E-state index is 13.1. The fourth-order valence-electron chi connectivity index (χ4n) is 4.72. The topological polar surface area (TPSA) is 144 Å². The molecule has 0 unspecified atom stereocenters. The van der Waals surface area contributed by atoms with Gasteiger partial charge < -0.3 is 32.8 Å². The third-order valence-corrected chi connectivity index (χ3v) is 8.78. The van der Waals surface area contributed by atoms with Crippen LogP contribution < -0.4 is 14.2 Å². The fourth-order valence-corrected chi connectivity index (χ4v) is 6.03. The Morgan fingerprint density at radius 3 is 2.40 bits per heavy atom. The molecule has 0 radical (unpaired) electrons. The average Bonchev–Trinajstić information content (AvgIpc) is 3.69. The van der Waals surface area contributed by atoms with Crippen LogP contribution in [0.25, 0.3) is 23.2 Å². The van der Waals surface area contributed by atoms with Crippen LogP contribution in [-0.2, 0) is 26.8 Å². The molecule has 0 atom stereocenters. The van der Waals surface area contributed by atoms with Gasteiger partial charge in [-0.15, -0.1) is 5.10 Å². The molecule has 0 aliphatic heterocycles. The van der Waals surface area contributed by atoms with Crippen LogP contribution in [0.4, 0.5) is 0 Å². The lowest BCUT2D eigenvalue weighted by Crippen LogP contribution is -2.02. The molecular formula is C35H36N3O9P. The summed E-state index contributed by atoms with van der Waals surface area (Å²) in [6.45, 7) is 5.92. The molecule has 48 heavy (non-hydrogen) atoms. The lowest BCUT2D eigenvalue weighted by Gasteiger charge is -2.13. The van der Waals surface area contributed by atoms with E-state index in [2.05, 4.69) is 10.1 Å². The molecule has 13 heteroatoms. The molecule has 0 spiro atoms. The highest BCUT2D eigenvalue weighted by molar-refractivity contribution is 7.57. The molecule has 0 fully saturated rings. The maximum absolute atomic E-state index is 13.1. The summed E-state index contributed by atoms with van der Waals surface area (Å²) in [7, 11) is -1.91. The number of carboxylic acids is 1. The summed E-state index contributed by atoms with van der Waals surface area (Å²) in [5, 5.41) is 14.2. The minimum Gasteiger partial charge on any atom is -0.493 e. The Kier molecular flexibility index (Phi) is 11.1. The molecule has 1 N–H and O–H groups in total. The van der Waals surface area contributed by atoms with Crippen molar-refractivity contribution in [1.29, 1.82) is 0 Å². The van der Waals surface area contributed by atoms with E-state index in [0.717, 1.165) is 11.3 Å². The van der Waals surface area contributed by atoms with E-state index in [9.17, 15) is 14.5 Å². The number of benzene rings is 3. The minimum absolute atomic E-state index is 0.0662. The predicted octanol–water partition coefficient (Wildman–Crippen LogP) is 7.94. The highest BCUT2D eigenvalue weighted by atomic mass is 31.2. The van der Waals surface area contributed by atoms with Crippen molar-refractivity contribution in [3.8, 4) is 34.5 Å². The number of aromatic nitrogens is 3. The number of aromatic carboxylic acids is 1. The first-order chi connectivity index (χ1) is 23.2. The van der Waals surface area contributed by atoms with Crippen LogP contribution in [0, 0.1) is 6.92 Å². The molecule has 0 bridgehead atoms. The van der Waals surface area contributed by atoms with Gasteiger partial charge >= 0.3 is 13.6 Å². The Balaban J connectivity index is 1.32. The zero-order chi connectivity index (χ0) is 34.1. The Morgan fingerprint density at radius 2 is 1.69 bits per heavy atom. The number of nitrogens with zero attached hydrogens (tertiary/aromatic N) is 3. The van der Waals surface area contributed by atoms with Crippen LogP contribution in [0.2, 0.25) is 0 Å². The molecule has 0 aliphatic rings. The predicted molar refractivity (Wildman–Crippen MR) is 179 cm³/mol. The van der Waals surface area contributed by atoms with E-state index in [1.54, 1.807) is 68.1 Å². The molecule has 0 amide bonds. The Bertz CT molecular complexity index is 1920. The Hall–Kier alpha value is -5.16. The largest absolute Gasteiger partial charge is 0.493 e. The van der Waals surface area contributed by atoms with Gasteiger partial charge in [-0.1, -0.05) is 36.4 Å². The van der Waals surface area contributed by atoms with Crippen molar-refractivity contribution in [3.63, 3.8) is 0 Å². The summed E-state index contributed by atoms with van der Waals surface area (Å²) >= 11 is 0. The van der Waals surface area contributed by atoms with Crippen LogP contribution in [0.15, 0.2) is 89.2 Å². The van der Waals surface area contributed by atoms with E-state index < -0.39 is 13.6 Å².